The van der Waals surface area contributed by atoms with Crippen LogP contribution in [0.5, 0.6) is 0 Å². The Morgan fingerprint density at radius 1 is 1.56 bits per heavy atom. The maximum absolute atomic E-state index is 13.3. The average molecular weight is 253 g/mol. The van der Waals surface area contributed by atoms with Gasteiger partial charge in [-0.05, 0) is 30.5 Å². The minimum Gasteiger partial charge on any atom is -0.379 e. The fourth-order valence-corrected chi connectivity index (χ4v) is 2.15. The van der Waals surface area contributed by atoms with Crippen molar-refractivity contribution in [2.24, 2.45) is 5.73 Å². The first-order valence-corrected chi connectivity index (χ1v) is 6.45. The highest BCUT2D eigenvalue weighted by Gasteiger charge is 2.26. The van der Waals surface area contributed by atoms with Crippen LogP contribution in [-0.4, -0.2) is 25.4 Å². The van der Waals surface area contributed by atoms with Crippen LogP contribution in [0.25, 0.3) is 0 Å². The first-order chi connectivity index (χ1) is 8.70. The van der Waals surface area contributed by atoms with Gasteiger partial charge in [0.2, 0.25) is 0 Å². The third kappa shape index (κ3) is 3.28. The van der Waals surface area contributed by atoms with Crippen molar-refractivity contribution in [3.63, 3.8) is 0 Å². The summed E-state index contributed by atoms with van der Waals surface area (Å²) in [5.74, 6) is -0.257. The minimum absolute atomic E-state index is 0.0656. The maximum Gasteiger partial charge on any atom is 0.123 e. The molecule has 100 valence electrons. The summed E-state index contributed by atoms with van der Waals surface area (Å²) in [7, 11) is 0. The second-order valence-electron chi connectivity index (χ2n) is 4.67. The number of nitrogens with two attached hydrogens (primary N) is 1. The zero-order chi connectivity index (χ0) is 13.0. The molecule has 0 aromatic heterocycles. The second-order valence-corrected chi connectivity index (χ2v) is 4.67. The van der Waals surface area contributed by atoms with E-state index in [0.717, 1.165) is 25.0 Å². The summed E-state index contributed by atoms with van der Waals surface area (Å²) in [6.45, 7) is 3.33. The van der Waals surface area contributed by atoms with Crippen LogP contribution in [0, 0.1) is 5.82 Å². The highest BCUT2D eigenvalue weighted by Crippen LogP contribution is 2.26. The van der Waals surface area contributed by atoms with Gasteiger partial charge >= 0.3 is 0 Å². The molecule has 0 amide bonds. The zero-order valence-electron chi connectivity index (χ0n) is 10.6. The summed E-state index contributed by atoms with van der Waals surface area (Å²) in [6, 6.07) is 6.34. The maximum atomic E-state index is 13.3. The van der Waals surface area contributed by atoms with E-state index in [4.69, 9.17) is 15.2 Å². The molecule has 0 spiro atoms. The number of hydrogen-bond donors (Lipinski definition) is 1. The normalized spacial score (nSPS) is 22.9. The molecule has 3 unspecified atom stereocenters. The third-order valence-electron chi connectivity index (χ3n) is 3.26. The van der Waals surface area contributed by atoms with Crippen molar-refractivity contribution in [2.45, 2.75) is 38.0 Å². The third-order valence-corrected chi connectivity index (χ3v) is 3.26. The molecule has 0 radical (unpaired) electrons. The first kappa shape index (κ1) is 13.5. The highest BCUT2D eigenvalue weighted by molar-refractivity contribution is 5.20. The van der Waals surface area contributed by atoms with Gasteiger partial charge < -0.3 is 15.2 Å². The Balaban J connectivity index is 2.13. The first-order valence-electron chi connectivity index (χ1n) is 6.45. The fraction of sp³-hybridized carbons (Fsp3) is 0.571. The van der Waals surface area contributed by atoms with E-state index in [1.165, 1.54) is 12.1 Å². The van der Waals surface area contributed by atoms with Crippen LogP contribution in [0.2, 0.25) is 0 Å². The highest BCUT2D eigenvalue weighted by atomic mass is 19.1. The summed E-state index contributed by atoms with van der Waals surface area (Å²) < 4.78 is 24.6. The fourth-order valence-electron chi connectivity index (χ4n) is 2.15. The van der Waals surface area contributed by atoms with Crippen LogP contribution in [0.4, 0.5) is 4.39 Å². The van der Waals surface area contributed by atoms with Gasteiger partial charge in [0.25, 0.3) is 0 Å². The summed E-state index contributed by atoms with van der Waals surface area (Å²) in [6.07, 6.45) is 1.46. The predicted molar refractivity (Wildman–Crippen MR) is 67.7 cm³/mol. The number of hydrogen-bond acceptors (Lipinski definition) is 3. The standard InChI is InChI=1S/C14H20FNO2/c1-2-13(16)14(18-12-6-7-17-9-12)10-4-3-5-11(15)8-10/h3-5,8,12-14H,2,6-7,9,16H2,1H3. The van der Waals surface area contributed by atoms with Gasteiger partial charge in [-0.1, -0.05) is 19.1 Å². The minimum atomic E-state index is -0.266. The summed E-state index contributed by atoms with van der Waals surface area (Å²) in [4.78, 5) is 0. The van der Waals surface area contributed by atoms with E-state index in [-0.39, 0.29) is 24.1 Å². The summed E-state index contributed by atoms with van der Waals surface area (Å²) in [5, 5.41) is 0. The van der Waals surface area contributed by atoms with Gasteiger partial charge in [0.1, 0.15) is 5.82 Å². The molecule has 1 heterocycles. The lowest BCUT2D eigenvalue weighted by Gasteiger charge is -2.26. The lowest BCUT2D eigenvalue weighted by atomic mass is 10.0. The topological polar surface area (TPSA) is 44.5 Å². The molecule has 2 rings (SSSR count). The lowest BCUT2D eigenvalue weighted by Crippen LogP contribution is -2.32. The molecule has 0 aliphatic carbocycles. The van der Waals surface area contributed by atoms with Crippen LogP contribution in [0.1, 0.15) is 31.4 Å². The smallest absolute Gasteiger partial charge is 0.123 e. The molecular weight excluding hydrogens is 233 g/mol. The molecule has 0 saturated carbocycles. The Labute approximate surface area is 107 Å². The average Bonchev–Trinajstić information content (AvgIpc) is 2.88. The summed E-state index contributed by atoms with van der Waals surface area (Å²) in [5.41, 5.74) is 6.89. The van der Waals surface area contributed by atoms with Gasteiger partial charge in [0, 0.05) is 12.6 Å². The van der Waals surface area contributed by atoms with E-state index >= 15 is 0 Å². The van der Waals surface area contributed by atoms with E-state index in [1.807, 2.05) is 13.0 Å². The van der Waals surface area contributed by atoms with Gasteiger partial charge in [0.05, 0.1) is 18.8 Å². The number of halogens is 1. The predicted octanol–water partition coefficient (Wildman–Crippen LogP) is 2.41. The van der Waals surface area contributed by atoms with Crippen molar-refractivity contribution in [3.05, 3.63) is 35.6 Å². The largest absolute Gasteiger partial charge is 0.379 e. The van der Waals surface area contributed by atoms with Crippen molar-refractivity contribution in [1.82, 2.24) is 0 Å². The van der Waals surface area contributed by atoms with E-state index in [9.17, 15) is 4.39 Å². The lowest BCUT2D eigenvalue weighted by molar-refractivity contribution is -0.0302. The quantitative estimate of drug-likeness (QED) is 0.876. The van der Waals surface area contributed by atoms with Gasteiger partial charge in [-0.2, -0.15) is 0 Å². The van der Waals surface area contributed by atoms with Crippen molar-refractivity contribution in [3.8, 4) is 0 Å². The Bertz CT molecular complexity index is 380. The van der Waals surface area contributed by atoms with Crippen molar-refractivity contribution in [2.75, 3.05) is 13.2 Å². The molecule has 1 aliphatic rings. The molecule has 4 heteroatoms. The SMILES string of the molecule is CCC(N)C(OC1CCOC1)c1cccc(F)c1. The second kappa shape index (κ2) is 6.27. The summed E-state index contributed by atoms with van der Waals surface area (Å²) >= 11 is 0. The molecule has 0 bridgehead atoms. The molecule has 1 aliphatic heterocycles. The van der Waals surface area contributed by atoms with Gasteiger partial charge in [0.15, 0.2) is 0 Å². The Morgan fingerprint density at radius 3 is 3.00 bits per heavy atom. The Kier molecular flexibility index (Phi) is 4.69. The molecule has 1 aromatic carbocycles. The van der Waals surface area contributed by atoms with Crippen LogP contribution in [0.3, 0.4) is 0 Å². The van der Waals surface area contributed by atoms with E-state index in [0.29, 0.717) is 6.61 Å². The van der Waals surface area contributed by atoms with Crippen LogP contribution < -0.4 is 5.73 Å². The van der Waals surface area contributed by atoms with Crippen molar-refractivity contribution in [1.29, 1.82) is 0 Å². The van der Waals surface area contributed by atoms with Crippen molar-refractivity contribution < 1.29 is 13.9 Å². The Hall–Kier alpha value is -0.970. The number of ether oxygens (including phenoxy) is 2. The monoisotopic (exact) mass is 253 g/mol. The zero-order valence-corrected chi connectivity index (χ0v) is 10.6. The molecule has 2 N–H and O–H groups in total. The van der Waals surface area contributed by atoms with Gasteiger partial charge in [-0.3, -0.25) is 0 Å². The van der Waals surface area contributed by atoms with Gasteiger partial charge in [-0.25, -0.2) is 4.39 Å². The molecule has 1 aromatic rings. The van der Waals surface area contributed by atoms with Crippen LogP contribution in [0.15, 0.2) is 24.3 Å². The van der Waals surface area contributed by atoms with E-state index in [1.54, 1.807) is 6.07 Å². The molecular formula is C14H20FNO2. The Morgan fingerprint density at radius 2 is 2.39 bits per heavy atom. The van der Waals surface area contributed by atoms with Gasteiger partial charge in [-0.15, -0.1) is 0 Å². The van der Waals surface area contributed by atoms with Crippen molar-refractivity contribution >= 4 is 0 Å². The van der Waals surface area contributed by atoms with E-state index in [2.05, 4.69) is 0 Å². The molecule has 18 heavy (non-hydrogen) atoms. The number of benzene rings is 1. The molecule has 1 saturated heterocycles. The molecule has 1 fully saturated rings. The molecule has 3 nitrogen and oxygen atoms in total. The van der Waals surface area contributed by atoms with Crippen LogP contribution >= 0.6 is 0 Å². The molecule has 3 atom stereocenters. The number of rotatable bonds is 5. The van der Waals surface area contributed by atoms with E-state index < -0.39 is 0 Å². The van der Waals surface area contributed by atoms with Crippen LogP contribution in [-0.2, 0) is 9.47 Å².